The number of hydrogen-bond donors (Lipinski definition) is 1. The first-order valence-corrected chi connectivity index (χ1v) is 6.36. The van der Waals surface area contributed by atoms with Gasteiger partial charge in [0.15, 0.2) is 4.34 Å². The summed E-state index contributed by atoms with van der Waals surface area (Å²) >= 11 is 2.82. The third kappa shape index (κ3) is 2.78. The Morgan fingerprint density at radius 2 is 2.31 bits per heavy atom. The van der Waals surface area contributed by atoms with Gasteiger partial charge in [0, 0.05) is 6.20 Å². The molecule has 2 aromatic heterocycles. The average molecular weight is 253 g/mol. The lowest BCUT2D eigenvalue weighted by atomic mass is 10.2. The molecule has 0 spiro atoms. The predicted molar refractivity (Wildman–Crippen MR) is 63.6 cm³/mol. The summed E-state index contributed by atoms with van der Waals surface area (Å²) in [6, 6.07) is 3.67. The number of aromatic nitrogens is 3. The minimum Gasteiger partial charge on any atom is -0.389 e. The van der Waals surface area contributed by atoms with Crippen molar-refractivity contribution in [2.75, 3.05) is 0 Å². The molecule has 16 heavy (non-hydrogen) atoms. The highest BCUT2D eigenvalue weighted by Gasteiger charge is 2.07. The summed E-state index contributed by atoms with van der Waals surface area (Å²) in [4.78, 5) is 8.47. The molecule has 0 saturated heterocycles. The maximum Gasteiger partial charge on any atom is 0.176 e. The Labute approximate surface area is 102 Å². The molecule has 0 unspecified atom stereocenters. The molecule has 84 valence electrons. The lowest BCUT2D eigenvalue weighted by Crippen LogP contribution is -1.92. The highest BCUT2D eigenvalue weighted by molar-refractivity contribution is 8.00. The number of pyridine rings is 1. The van der Waals surface area contributed by atoms with Crippen LogP contribution in [0, 0.1) is 6.92 Å². The van der Waals surface area contributed by atoms with E-state index in [0.29, 0.717) is 0 Å². The topological polar surface area (TPSA) is 58.9 Å². The summed E-state index contributed by atoms with van der Waals surface area (Å²) in [6.07, 6.45) is 1.22. The van der Waals surface area contributed by atoms with Gasteiger partial charge in [-0.3, -0.25) is 0 Å². The number of aliphatic hydroxyl groups is 1. The average Bonchev–Trinajstić information content (AvgIpc) is 2.64. The molecule has 0 aliphatic heterocycles. The minimum atomic E-state index is -0.474. The van der Waals surface area contributed by atoms with E-state index < -0.39 is 6.10 Å². The van der Waals surface area contributed by atoms with E-state index in [1.807, 2.05) is 13.0 Å². The largest absolute Gasteiger partial charge is 0.389 e. The first kappa shape index (κ1) is 11.5. The third-order valence-electron chi connectivity index (χ3n) is 1.94. The van der Waals surface area contributed by atoms with Crippen molar-refractivity contribution in [3.05, 3.63) is 29.7 Å². The maximum atomic E-state index is 9.46. The molecule has 0 fully saturated rings. The van der Waals surface area contributed by atoms with Crippen LogP contribution in [0.2, 0.25) is 0 Å². The van der Waals surface area contributed by atoms with Crippen molar-refractivity contribution in [2.45, 2.75) is 29.3 Å². The molecule has 0 aliphatic rings. The molecular formula is C10H11N3OS2. The van der Waals surface area contributed by atoms with Gasteiger partial charge in [0.25, 0.3) is 0 Å². The molecule has 0 amide bonds. The Hall–Kier alpha value is -0.980. The zero-order valence-corrected chi connectivity index (χ0v) is 10.5. The number of aryl methyl sites for hydroxylation is 1. The Morgan fingerprint density at radius 1 is 1.50 bits per heavy atom. The number of rotatable bonds is 3. The number of hydrogen-bond acceptors (Lipinski definition) is 6. The highest BCUT2D eigenvalue weighted by atomic mass is 32.2. The molecule has 0 saturated carbocycles. The van der Waals surface area contributed by atoms with Crippen molar-refractivity contribution in [1.29, 1.82) is 0 Å². The van der Waals surface area contributed by atoms with Crippen LogP contribution in [-0.2, 0) is 0 Å². The summed E-state index contributed by atoms with van der Waals surface area (Å²) in [5.74, 6) is 0.777. The number of nitrogens with zero attached hydrogens (tertiary/aromatic N) is 3. The lowest BCUT2D eigenvalue weighted by molar-refractivity contribution is 0.199. The van der Waals surface area contributed by atoms with Gasteiger partial charge in [-0.2, -0.15) is 4.37 Å². The lowest BCUT2D eigenvalue weighted by Gasteiger charge is -2.04. The molecule has 6 heteroatoms. The van der Waals surface area contributed by atoms with Crippen LogP contribution in [0.4, 0.5) is 0 Å². The van der Waals surface area contributed by atoms with Gasteiger partial charge in [0.05, 0.1) is 6.10 Å². The van der Waals surface area contributed by atoms with Crippen molar-refractivity contribution in [3.63, 3.8) is 0 Å². The summed E-state index contributed by atoms with van der Waals surface area (Å²) < 4.78 is 4.97. The fraction of sp³-hybridized carbons (Fsp3) is 0.300. The third-order valence-corrected chi connectivity index (χ3v) is 3.72. The molecule has 0 bridgehead atoms. The highest BCUT2D eigenvalue weighted by Crippen LogP contribution is 2.28. The van der Waals surface area contributed by atoms with Crippen molar-refractivity contribution < 1.29 is 5.11 Å². The number of aliphatic hydroxyl groups excluding tert-OH is 1. The van der Waals surface area contributed by atoms with Crippen LogP contribution >= 0.6 is 23.3 Å². The molecule has 0 aromatic carbocycles. The fourth-order valence-corrected chi connectivity index (χ4v) is 2.76. The van der Waals surface area contributed by atoms with Crippen molar-refractivity contribution in [2.24, 2.45) is 0 Å². The van der Waals surface area contributed by atoms with Crippen molar-refractivity contribution in [3.8, 4) is 0 Å². The second-order valence-electron chi connectivity index (χ2n) is 3.31. The van der Waals surface area contributed by atoms with Crippen LogP contribution in [0.3, 0.4) is 0 Å². The second-order valence-corrected chi connectivity index (χ2v) is 5.33. The summed E-state index contributed by atoms with van der Waals surface area (Å²) in [5.41, 5.74) is 0.860. The van der Waals surface area contributed by atoms with E-state index >= 15 is 0 Å². The van der Waals surface area contributed by atoms with E-state index in [2.05, 4.69) is 14.3 Å². The quantitative estimate of drug-likeness (QED) is 0.910. The van der Waals surface area contributed by atoms with Crippen LogP contribution in [0.25, 0.3) is 0 Å². The smallest absolute Gasteiger partial charge is 0.176 e. The normalized spacial score (nSPS) is 12.7. The Balaban J connectivity index is 2.18. The zero-order valence-electron chi connectivity index (χ0n) is 8.91. The molecule has 0 radical (unpaired) electrons. The fourth-order valence-electron chi connectivity index (χ4n) is 1.15. The van der Waals surface area contributed by atoms with Crippen LogP contribution < -0.4 is 0 Å². The molecule has 1 atom stereocenters. The van der Waals surface area contributed by atoms with E-state index in [1.54, 1.807) is 19.2 Å². The van der Waals surface area contributed by atoms with Gasteiger partial charge in [0.2, 0.25) is 0 Å². The van der Waals surface area contributed by atoms with Crippen LogP contribution in [0.15, 0.2) is 27.7 Å². The van der Waals surface area contributed by atoms with Crippen molar-refractivity contribution in [1.82, 2.24) is 14.3 Å². The van der Waals surface area contributed by atoms with Gasteiger partial charge in [-0.25, -0.2) is 9.97 Å². The van der Waals surface area contributed by atoms with Gasteiger partial charge in [0.1, 0.15) is 10.9 Å². The molecule has 1 N–H and O–H groups in total. The first-order valence-electron chi connectivity index (χ1n) is 4.77. The molecule has 2 heterocycles. The van der Waals surface area contributed by atoms with E-state index in [0.717, 1.165) is 20.8 Å². The summed E-state index contributed by atoms with van der Waals surface area (Å²) in [6.45, 7) is 3.60. The molecular weight excluding hydrogens is 242 g/mol. The van der Waals surface area contributed by atoms with E-state index in [9.17, 15) is 5.11 Å². The van der Waals surface area contributed by atoms with Crippen LogP contribution in [0.1, 0.15) is 24.4 Å². The van der Waals surface area contributed by atoms with Gasteiger partial charge in [-0.1, -0.05) is 0 Å². The van der Waals surface area contributed by atoms with Gasteiger partial charge < -0.3 is 5.11 Å². The van der Waals surface area contributed by atoms with E-state index in [-0.39, 0.29) is 0 Å². The molecule has 0 aliphatic carbocycles. The minimum absolute atomic E-state index is 0.474. The van der Waals surface area contributed by atoms with Gasteiger partial charge >= 0.3 is 0 Å². The van der Waals surface area contributed by atoms with Crippen molar-refractivity contribution >= 4 is 23.3 Å². The molecule has 2 aromatic rings. The standard InChI is InChI=1S/C10H11N3OS2/c1-6(14)8-3-4-11-9(5-8)15-10-12-7(2)13-16-10/h3-6,14H,1-2H3/t6-/m0/s1. The first-order chi connectivity index (χ1) is 7.65. The SMILES string of the molecule is Cc1nsc(Sc2cc([C@H](C)O)ccn2)n1. The molecule has 2 rings (SSSR count). The van der Waals surface area contributed by atoms with Crippen LogP contribution in [-0.4, -0.2) is 19.4 Å². The Kier molecular flexibility index (Phi) is 3.52. The molecule has 4 nitrogen and oxygen atoms in total. The monoisotopic (exact) mass is 253 g/mol. The Bertz CT molecular complexity index is 484. The van der Waals surface area contributed by atoms with E-state index in [4.69, 9.17) is 0 Å². The second kappa shape index (κ2) is 4.90. The maximum absolute atomic E-state index is 9.46. The zero-order chi connectivity index (χ0) is 11.5. The predicted octanol–water partition coefficient (Wildman–Crippen LogP) is 2.45. The summed E-state index contributed by atoms with van der Waals surface area (Å²) in [7, 11) is 0. The van der Waals surface area contributed by atoms with E-state index in [1.165, 1.54) is 23.3 Å². The van der Waals surface area contributed by atoms with Gasteiger partial charge in [-0.05, 0) is 54.8 Å². The van der Waals surface area contributed by atoms with Gasteiger partial charge in [-0.15, -0.1) is 0 Å². The van der Waals surface area contributed by atoms with Crippen LogP contribution in [0.5, 0.6) is 0 Å². The Morgan fingerprint density at radius 3 is 2.94 bits per heavy atom. The summed E-state index contributed by atoms with van der Waals surface area (Å²) in [5, 5.41) is 10.3.